The minimum absolute atomic E-state index is 0.121. The van der Waals surface area contributed by atoms with Crippen LogP contribution in [0.4, 0.5) is 5.82 Å². The largest absolute Gasteiger partial charge is 0.356 e. The maximum Gasteiger partial charge on any atom is 0.245 e. The number of nitrogens with zero attached hydrogens (tertiary/aromatic N) is 7. The van der Waals surface area contributed by atoms with Gasteiger partial charge in [0, 0.05) is 32.0 Å². The molecule has 0 aliphatic carbocycles. The lowest BCUT2D eigenvalue weighted by Crippen LogP contribution is -2.41. The van der Waals surface area contributed by atoms with Gasteiger partial charge in [0.2, 0.25) is 5.91 Å². The van der Waals surface area contributed by atoms with Gasteiger partial charge in [-0.25, -0.2) is 24.9 Å². The number of nitrogens with one attached hydrogen (secondary N) is 1. The van der Waals surface area contributed by atoms with E-state index in [1.54, 1.807) is 12.4 Å². The van der Waals surface area contributed by atoms with Gasteiger partial charge in [-0.15, -0.1) is 0 Å². The minimum Gasteiger partial charge on any atom is -0.356 e. The quantitative estimate of drug-likeness (QED) is 0.669. The summed E-state index contributed by atoms with van der Waals surface area (Å²) in [5.41, 5.74) is 2.19. The van der Waals surface area contributed by atoms with Crippen molar-refractivity contribution in [2.45, 2.75) is 53.1 Å². The summed E-state index contributed by atoms with van der Waals surface area (Å²) in [4.78, 5) is 37.2. The Hall–Kier alpha value is -3.10. The minimum atomic E-state index is -0.341. The Kier molecular flexibility index (Phi) is 5.61. The first-order chi connectivity index (χ1) is 14.5. The van der Waals surface area contributed by atoms with Crippen molar-refractivity contribution in [3.8, 4) is 11.4 Å². The molecule has 0 radical (unpaired) electrons. The van der Waals surface area contributed by atoms with Gasteiger partial charge in [-0.05, 0) is 32.6 Å². The van der Waals surface area contributed by atoms with Crippen molar-refractivity contribution < 1.29 is 4.79 Å². The predicted octanol–water partition coefficient (Wildman–Crippen LogP) is 2.67. The fourth-order valence-electron chi connectivity index (χ4n) is 3.93. The number of imidazole rings is 1. The van der Waals surface area contributed by atoms with E-state index in [4.69, 9.17) is 4.98 Å². The Morgan fingerprint density at radius 2 is 2.00 bits per heavy atom. The van der Waals surface area contributed by atoms with E-state index in [-0.39, 0.29) is 11.9 Å². The molecule has 3 aromatic heterocycles. The van der Waals surface area contributed by atoms with Crippen molar-refractivity contribution in [2.75, 3.05) is 18.4 Å². The number of aryl methyl sites for hydroxylation is 2. The molecular weight excluding hydrogens is 380 g/mol. The molecule has 1 saturated heterocycles. The Balaban J connectivity index is 1.69. The van der Waals surface area contributed by atoms with E-state index in [1.807, 2.05) is 30.2 Å². The molecule has 30 heavy (non-hydrogen) atoms. The third-order valence-electron chi connectivity index (χ3n) is 5.64. The number of hydrogen-bond donors (Lipinski definition) is 1. The van der Waals surface area contributed by atoms with Crippen LogP contribution in [0.2, 0.25) is 0 Å². The number of carbonyl (C=O) groups is 1. The summed E-state index contributed by atoms with van der Waals surface area (Å²) in [5.74, 6) is 2.70. The zero-order valence-corrected chi connectivity index (χ0v) is 18.0. The maximum atomic E-state index is 13.0. The van der Waals surface area contributed by atoms with Crippen LogP contribution in [0.15, 0.2) is 18.7 Å². The number of aromatic nitrogens is 6. The molecule has 0 saturated carbocycles. The normalized spacial score (nSPS) is 17.5. The molecule has 1 fully saturated rings. The van der Waals surface area contributed by atoms with Crippen molar-refractivity contribution in [3.63, 3.8) is 0 Å². The number of rotatable bonds is 6. The van der Waals surface area contributed by atoms with Crippen LogP contribution >= 0.6 is 0 Å². The van der Waals surface area contributed by atoms with Crippen molar-refractivity contribution in [3.05, 3.63) is 24.5 Å². The average molecular weight is 409 g/mol. The molecule has 4 rings (SSSR count). The molecule has 1 aliphatic heterocycles. The molecule has 9 heteroatoms. The van der Waals surface area contributed by atoms with Crippen LogP contribution in [0.5, 0.6) is 0 Å². The second-order valence-corrected chi connectivity index (χ2v) is 7.88. The summed E-state index contributed by atoms with van der Waals surface area (Å²) >= 11 is 0. The van der Waals surface area contributed by atoms with Crippen molar-refractivity contribution in [1.82, 2.24) is 34.4 Å². The SMILES string of the molecule is CC[C@H](Nc1ncnc2c1nc(-c1cnc(C)nc1)n2CC)C(=O)N1CC[C@H](C)C1. The van der Waals surface area contributed by atoms with Crippen molar-refractivity contribution in [1.29, 1.82) is 0 Å². The van der Waals surface area contributed by atoms with Gasteiger partial charge in [-0.2, -0.15) is 0 Å². The Morgan fingerprint density at radius 3 is 2.63 bits per heavy atom. The topological polar surface area (TPSA) is 102 Å². The lowest BCUT2D eigenvalue weighted by Gasteiger charge is -2.23. The summed E-state index contributed by atoms with van der Waals surface area (Å²) in [6.07, 6.45) is 6.78. The van der Waals surface area contributed by atoms with Gasteiger partial charge < -0.3 is 14.8 Å². The molecule has 3 aromatic rings. The van der Waals surface area contributed by atoms with Gasteiger partial charge in [0.15, 0.2) is 17.0 Å². The number of fused-ring (bicyclic) bond motifs is 1. The van der Waals surface area contributed by atoms with Crippen LogP contribution in [0.1, 0.15) is 39.4 Å². The van der Waals surface area contributed by atoms with Crippen LogP contribution < -0.4 is 5.32 Å². The fourth-order valence-corrected chi connectivity index (χ4v) is 3.93. The fraction of sp³-hybridized carbons (Fsp3) is 0.524. The Morgan fingerprint density at radius 1 is 1.23 bits per heavy atom. The summed E-state index contributed by atoms with van der Waals surface area (Å²) < 4.78 is 2.02. The molecule has 1 N–H and O–H groups in total. The maximum absolute atomic E-state index is 13.0. The zero-order valence-electron chi connectivity index (χ0n) is 18.0. The highest BCUT2D eigenvalue weighted by Crippen LogP contribution is 2.27. The van der Waals surface area contributed by atoms with Crippen LogP contribution in [0.3, 0.4) is 0 Å². The van der Waals surface area contributed by atoms with Gasteiger partial charge >= 0.3 is 0 Å². The van der Waals surface area contributed by atoms with Gasteiger partial charge in [-0.3, -0.25) is 4.79 Å². The number of hydrogen-bond acceptors (Lipinski definition) is 7. The highest BCUT2D eigenvalue weighted by molar-refractivity contribution is 5.90. The van der Waals surface area contributed by atoms with Gasteiger partial charge in [0.1, 0.15) is 24.0 Å². The van der Waals surface area contributed by atoms with Crippen molar-refractivity contribution in [2.24, 2.45) is 5.92 Å². The third kappa shape index (κ3) is 3.71. The molecule has 0 bridgehead atoms. The predicted molar refractivity (Wildman–Crippen MR) is 115 cm³/mol. The Labute approximate surface area is 176 Å². The van der Waals surface area contributed by atoms with Gasteiger partial charge in [-0.1, -0.05) is 13.8 Å². The molecule has 0 unspecified atom stereocenters. The molecule has 1 amide bonds. The van der Waals surface area contributed by atoms with Gasteiger partial charge in [0.05, 0.1) is 5.56 Å². The highest BCUT2D eigenvalue weighted by atomic mass is 16.2. The summed E-state index contributed by atoms with van der Waals surface area (Å²) in [6, 6.07) is -0.341. The molecule has 2 atom stereocenters. The van der Waals surface area contributed by atoms with Crippen LogP contribution in [0.25, 0.3) is 22.6 Å². The van der Waals surface area contributed by atoms with Crippen LogP contribution in [-0.4, -0.2) is 59.4 Å². The lowest BCUT2D eigenvalue weighted by molar-refractivity contribution is -0.131. The monoisotopic (exact) mass is 408 g/mol. The second kappa shape index (κ2) is 8.33. The van der Waals surface area contributed by atoms with Gasteiger partial charge in [0.25, 0.3) is 0 Å². The van der Waals surface area contributed by atoms with Crippen LogP contribution in [0, 0.1) is 12.8 Å². The Bertz CT molecular complexity index is 1050. The molecule has 0 aromatic carbocycles. The standard InChI is InChI=1S/C21H28N8O/c1-5-16(21(30)28-8-7-13(3)11-28)26-18-17-20(25-12-24-18)29(6-2)19(27-17)15-9-22-14(4)23-10-15/h9-10,12-13,16H,5-8,11H2,1-4H3,(H,24,25,26)/t13-,16-/m0/s1. The smallest absolute Gasteiger partial charge is 0.245 e. The van der Waals surface area contributed by atoms with E-state index in [9.17, 15) is 4.79 Å². The zero-order chi connectivity index (χ0) is 21.3. The summed E-state index contributed by atoms with van der Waals surface area (Å²) in [5, 5.41) is 3.34. The highest BCUT2D eigenvalue weighted by Gasteiger charge is 2.29. The second-order valence-electron chi connectivity index (χ2n) is 7.88. The van der Waals surface area contributed by atoms with E-state index in [0.717, 1.165) is 36.5 Å². The van der Waals surface area contributed by atoms with E-state index in [0.29, 0.717) is 36.0 Å². The molecule has 9 nitrogen and oxygen atoms in total. The first kappa shape index (κ1) is 20.2. The molecule has 4 heterocycles. The lowest BCUT2D eigenvalue weighted by atomic mass is 10.1. The molecule has 1 aliphatic rings. The molecule has 0 spiro atoms. The van der Waals surface area contributed by atoms with E-state index in [1.165, 1.54) is 6.33 Å². The van der Waals surface area contributed by atoms with E-state index < -0.39 is 0 Å². The number of likely N-dealkylation sites (tertiary alicyclic amines) is 1. The summed E-state index contributed by atoms with van der Waals surface area (Å²) in [7, 11) is 0. The first-order valence-corrected chi connectivity index (χ1v) is 10.6. The van der Waals surface area contributed by atoms with E-state index >= 15 is 0 Å². The first-order valence-electron chi connectivity index (χ1n) is 10.6. The molecule has 158 valence electrons. The number of amides is 1. The van der Waals surface area contributed by atoms with Crippen molar-refractivity contribution >= 4 is 22.9 Å². The average Bonchev–Trinajstić information content (AvgIpc) is 3.35. The van der Waals surface area contributed by atoms with Crippen LogP contribution in [-0.2, 0) is 11.3 Å². The molecular formula is C21H28N8O. The van der Waals surface area contributed by atoms with E-state index in [2.05, 4.69) is 32.2 Å². The number of carbonyl (C=O) groups excluding carboxylic acids is 1. The summed E-state index contributed by atoms with van der Waals surface area (Å²) in [6.45, 7) is 10.4. The number of anilines is 1. The third-order valence-corrected chi connectivity index (χ3v) is 5.64.